The molecule has 0 aliphatic carbocycles. The second-order valence-corrected chi connectivity index (χ2v) is 24.8. The van der Waals surface area contributed by atoms with Crippen LogP contribution in [0.4, 0.5) is 0 Å². The molecule has 2 unspecified atom stereocenters. The molecule has 0 radical (unpaired) electrons. The Labute approximate surface area is 350 Å². The van der Waals surface area contributed by atoms with Crippen molar-refractivity contribution in [3.8, 4) is 0 Å². The Balaban J connectivity index is 0. The first-order valence-corrected chi connectivity index (χ1v) is 29.6. The summed E-state index contributed by atoms with van der Waals surface area (Å²) in [7, 11) is 2.55. The Bertz CT molecular complexity index is 639. The Morgan fingerprint density at radius 1 is 0.296 bits per heavy atom. The summed E-state index contributed by atoms with van der Waals surface area (Å²) in [6.45, 7) is 18.8. The topological polar surface area (TPSA) is 0 Å². The van der Waals surface area contributed by atoms with Crippen LogP contribution in [0.25, 0.3) is 0 Å². The zero-order valence-electron chi connectivity index (χ0n) is 39.9. The van der Waals surface area contributed by atoms with Gasteiger partial charge in [0.05, 0.1) is 0 Å². The summed E-state index contributed by atoms with van der Waals surface area (Å²) in [4.78, 5) is 0. The fraction of sp³-hybridized carbons (Fsp3) is 1.00. The molecule has 0 saturated heterocycles. The van der Waals surface area contributed by atoms with Gasteiger partial charge in [0, 0.05) is 0 Å². The van der Waals surface area contributed by atoms with Crippen molar-refractivity contribution in [2.45, 2.75) is 305 Å². The molecule has 0 aliphatic rings. The van der Waals surface area contributed by atoms with E-state index in [0.717, 1.165) is 5.92 Å². The summed E-state index contributed by atoms with van der Waals surface area (Å²) < 4.78 is 0. The summed E-state index contributed by atoms with van der Waals surface area (Å²) in [6, 6.07) is 0. The molecule has 2 heteroatoms. The van der Waals surface area contributed by atoms with Crippen LogP contribution in [-0.4, -0.2) is 29.8 Å². The molecule has 0 fully saturated rings. The van der Waals surface area contributed by atoms with Gasteiger partial charge in [-0.25, -0.2) is 0 Å². The summed E-state index contributed by atoms with van der Waals surface area (Å²) in [6.07, 6.45) is 61.8. The molecule has 0 heterocycles. The van der Waals surface area contributed by atoms with E-state index in [1.54, 1.807) is 37.5 Å². The van der Waals surface area contributed by atoms with Gasteiger partial charge in [-0.05, 0) is 36.8 Å². The molecule has 2 atom stereocenters. The number of rotatable bonds is 43. The van der Waals surface area contributed by atoms with E-state index in [2.05, 4.69) is 64.6 Å². The summed E-state index contributed by atoms with van der Waals surface area (Å²) in [5, 5.41) is 0.521. The minimum atomic E-state index is -0.937. The molecule has 0 amide bonds. The molecule has 0 N–H and O–H groups in total. The van der Waals surface area contributed by atoms with Gasteiger partial charge in [-0.1, -0.05) is 169 Å². The Morgan fingerprint density at radius 2 is 0.537 bits per heavy atom. The van der Waals surface area contributed by atoms with Crippen molar-refractivity contribution in [2.75, 3.05) is 24.6 Å². The monoisotopic (exact) mass is 799 g/mol. The van der Waals surface area contributed by atoms with Crippen molar-refractivity contribution in [2.24, 2.45) is 5.92 Å². The third-order valence-corrected chi connectivity index (χ3v) is 20.1. The van der Waals surface area contributed by atoms with Gasteiger partial charge in [0.25, 0.3) is 0 Å². The van der Waals surface area contributed by atoms with Crippen LogP contribution in [0, 0.1) is 5.92 Å². The first-order chi connectivity index (χ1) is 26.4. The van der Waals surface area contributed by atoms with E-state index in [0.29, 0.717) is 5.16 Å². The number of hydrogen-bond donors (Lipinski definition) is 0. The minimum absolute atomic E-state index is 0.521. The average molecular weight is 799 g/mol. The molecular formula is C52H112P2. The molecule has 0 aromatic rings. The second kappa shape index (κ2) is 45.0. The molecule has 0 aliphatic heterocycles. The predicted octanol–water partition coefficient (Wildman–Crippen LogP) is 19.9. The molecule has 0 nitrogen and oxygen atoms in total. The van der Waals surface area contributed by atoms with E-state index in [1.165, 1.54) is 231 Å². The van der Waals surface area contributed by atoms with E-state index < -0.39 is 7.26 Å². The maximum atomic E-state index is 3.49. The van der Waals surface area contributed by atoms with Crippen molar-refractivity contribution in [3.63, 3.8) is 0 Å². The van der Waals surface area contributed by atoms with Crippen LogP contribution in [0.5, 0.6) is 0 Å². The first-order valence-electron chi connectivity index (χ1n) is 26.2. The Kier molecular flexibility index (Phi) is 47.4. The third kappa shape index (κ3) is 36.0. The molecule has 0 spiro atoms. The summed E-state index contributed by atoms with van der Waals surface area (Å²) in [5.41, 5.74) is 0. The van der Waals surface area contributed by atoms with Crippen molar-refractivity contribution < 1.29 is 0 Å². The zero-order chi connectivity index (χ0) is 40.3. The molecule has 0 aromatic carbocycles. The van der Waals surface area contributed by atoms with E-state index in [1.807, 2.05) is 0 Å². The van der Waals surface area contributed by atoms with Crippen molar-refractivity contribution in [1.29, 1.82) is 0 Å². The van der Waals surface area contributed by atoms with Gasteiger partial charge in [0.2, 0.25) is 0 Å². The van der Waals surface area contributed by atoms with E-state index >= 15 is 0 Å². The molecule has 54 heavy (non-hydrogen) atoms. The van der Waals surface area contributed by atoms with Crippen LogP contribution < -0.4 is 0 Å². The predicted molar refractivity (Wildman–Crippen MR) is 265 cm³/mol. The molecular weight excluding hydrogens is 687 g/mol. The van der Waals surface area contributed by atoms with E-state index in [9.17, 15) is 0 Å². The van der Waals surface area contributed by atoms with Crippen LogP contribution in [0.3, 0.4) is 0 Å². The standard InChI is InChI=1S/C32H67P.C20H45P/c1-5-9-13-17-18-19-20-21-22-24-28-31(27-23-14-10-6-2)32(33,29-25-15-11-7-3)30-26-16-12-8-4;1-5-9-13-15-19-21(17-11-7-3,18-12-8-4)20-16-14-10-6-2/h31H,5-30,33H2,1-4H3;21H,5-20H2,1-4H3. The Hall–Kier alpha value is 0.860. The summed E-state index contributed by atoms with van der Waals surface area (Å²) >= 11 is 0. The van der Waals surface area contributed by atoms with Crippen molar-refractivity contribution >= 4 is 16.5 Å². The molecule has 0 aromatic heterocycles. The van der Waals surface area contributed by atoms with Crippen molar-refractivity contribution in [1.82, 2.24) is 0 Å². The van der Waals surface area contributed by atoms with Gasteiger partial charge in [-0.3, -0.25) is 0 Å². The van der Waals surface area contributed by atoms with Crippen LogP contribution in [-0.2, 0) is 0 Å². The van der Waals surface area contributed by atoms with Gasteiger partial charge in [0.1, 0.15) is 0 Å². The van der Waals surface area contributed by atoms with Crippen LogP contribution in [0.1, 0.15) is 299 Å². The summed E-state index contributed by atoms with van der Waals surface area (Å²) in [5.74, 6) is 0.941. The van der Waals surface area contributed by atoms with Gasteiger partial charge < -0.3 is 0 Å². The van der Waals surface area contributed by atoms with Gasteiger partial charge in [-0.15, -0.1) is 9.24 Å². The van der Waals surface area contributed by atoms with Gasteiger partial charge in [-0.2, -0.15) is 0 Å². The second-order valence-electron chi connectivity index (χ2n) is 18.7. The van der Waals surface area contributed by atoms with Gasteiger partial charge in [0.15, 0.2) is 0 Å². The molecule has 0 saturated carbocycles. The molecule has 330 valence electrons. The Morgan fingerprint density at radius 3 is 0.870 bits per heavy atom. The molecule has 0 rings (SSSR count). The molecule has 0 bridgehead atoms. The fourth-order valence-electron chi connectivity index (χ4n) is 9.42. The maximum absolute atomic E-state index is 3.49. The fourth-order valence-corrected chi connectivity index (χ4v) is 15.9. The van der Waals surface area contributed by atoms with Crippen LogP contribution in [0.15, 0.2) is 0 Å². The van der Waals surface area contributed by atoms with Crippen LogP contribution >= 0.6 is 16.5 Å². The first kappa shape index (κ1) is 57.0. The zero-order valence-corrected chi connectivity index (χ0v) is 42.0. The quantitative estimate of drug-likeness (QED) is 0.0426. The van der Waals surface area contributed by atoms with E-state index in [4.69, 9.17) is 0 Å². The number of unbranched alkanes of at least 4 members (excludes halogenated alkanes) is 26. The van der Waals surface area contributed by atoms with Crippen molar-refractivity contribution in [3.05, 3.63) is 0 Å². The SMILES string of the molecule is CCCCCCCCCCCCC(CCCCCC)C(P)(CCCCCC)CCCCCC.CCCCCC[PH](CCCC)(CCCC)CCCCCC. The third-order valence-electron chi connectivity index (χ3n) is 13.4. The average Bonchev–Trinajstić information content (AvgIpc) is 3.18. The van der Waals surface area contributed by atoms with E-state index in [-0.39, 0.29) is 0 Å². The van der Waals surface area contributed by atoms with Gasteiger partial charge >= 0.3 is 137 Å². The number of hydrogen-bond acceptors (Lipinski definition) is 0. The van der Waals surface area contributed by atoms with Crippen LogP contribution in [0.2, 0.25) is 0 Å². The normalized spacial score (nSPS) is 12.9.